The number of anilines is 1. The van der Waals surface area contributed by atoms with E-state index in [-0.39, 0.29) is 17.7 Å². The molecule has 0 bridgehead atoms. The Morgan fingerprint density at radius 2 is 2.15 bits per heavy atom. The lowest BCUT2D eigenvalue weighted by molar-refractivity contribution is -0.131. The van der Waals surface area contributed by atoms with Crippen molar-refractivity contribution in [1.82, 2.24) is 25.1 Å². The molecule has 8 heteroatoms. The van der Waals surface area contributed by atoms with Gasteiger partial charge in [-0.3, -0.25) is 9.59 Å². The molecule has 1 aliphatic carbocycles. The third-order valence-electron chi connectivity index (χ3n) is 5.12. The van der Waals surface area contributed by atoms with Crippen LogP contribution in [0, 0.1) is 5.92 Å². The molecule has 140 valence electrons. The predicted octanol–water partition coefficient (Wildman–Crippen LogP) is 1.95. The fourth-order valence-corrected chi connectivity index (χ4v) is 3.69. The van der Waals surface area contributed by atoms with Crippen LogP contribution in [0.1, 0.15) is 32.1 Å². The second-order valence-electron chi connectivity index (χ2n) is 7.01. The molecule has 4 rings (SSSR count). The number of aromatic nitrogens is 4. The summed E-state index contributed by atoms with van der Waals surface area (Å²) in [5.41, 5.74) is 2.37. The lowest BCUT2D eigenvalue weighted by atomic mass is 9.96. The number of likely N-dealkylation sites (tertiary alicyclic amines) is 1. The minimum Gasteiger partial charge on any atom is -0.338 e. The second-order valence-corrected chi connectivity index (χ2v) is 7.01. The second kappa shape index (κ2) is 7.69. The Hall–Kier alpha value is -3.03. The van der Waals surface area contributed by atoms with Gasteiger partial charge in [-0.1, -0.05) is 12.1 Å². The van der Waals surface area contributed by atoms with Crippen LogP contribution in [-0.2, 0) is 9.59 Å². The Morgan fingerprint density at radius 3 is 2.93 bits per heavy atom. The van der Waals surface area contributed by atoms with Crippen LogP contribution in [0.15, 0.2) is 42.2 Å². The Morgan fingerprint density at radius 1 is 1.22 bits per heavy atom. The number of tetrazole rings is 1. The lowest BCUT2D eigenvalue weighted by Crippen LogP contribution is -2.44. The molecule has 0 radical (unpaired) electrons. The van der Waals surface area contributed by atoms with Crippen LogP contribution < -0.4 is 5.32 Å². The van der Waals surface area contributed by atoms with Crippen LogP contribution in [0.3, 0.4) is 0 Å². The van der Waals surface area contributed by atoms with Gasteiger partial charge < -0.3 is 10.2 Å². The molecule has 0 saturated carbocycles. The van der Waals surface area contributed by atoms with Gasteiger partial charge in [0, 0.05) is 24.4 Å². The molecule has 8 nitrogen and oxygen atoms in total. The van der Waals surface area contributed by atoms with Gasteiger partial charge in [0.15, 0.2) is 0 Å². The smallest absolute Gasteiger partial charge is 0.249 e. The molecule has 2 amide bonds. The highest BCUT2D eigenvalue weighted by Gasteiger charge is 2.30. The van der Waals surface area contributed by atoms with E-state index in [1.54, 1.807) is 0 Å². The quantitative estimate of drug-likeness (QED) is 0.893. The normalized spacial score (nSPS) is 19.6. The molecule has 1 aromatic carbocycles. The van der Waals surface area contributed by atoms with E-state index < -0.39 is 0 Å². The van der Waals surface area contributed by atoms with Crippen LogP contribution in [0.25, 0.3) is 5.69 Å². The van der Waals surface area contributed by atoms with E-state index >= 15 is 0 Å². The van der Waals surface area contributed by atoms with Crippen LogP contribution in [-0.4, -0.2) is 50.0 Å². The van der Waals surface area contributed by atoms with Crippen molar-refractivity contribution < 1.29 is 9.59 Å². The summed E-state index contributed by atoms with van der Waals surface area (Å²) in [7, 11) is 0. The molecule has 1 atom stereocenters. The Balaban J connectivity index is 1.41. The number of nitrogens with zero attached hydrogens (tertiary/aromatic N) is 5. The average Bonchev–Trinajstić information content (AvgIpc) is 3.42. The topological polar surface area (TPSA) is 93.0 Å². The number of allylic oxidation sites excluding steroid dienone is 1. The van der Waals surface area contributed by atoms with Gasteiger partial charge >= 0.3 is 0 Å². The zero-order valence-electron chi connectivity index (χ0n) is 15.0. The summed E-state index contributed by atoms with van der Waals surface area (Å²) in [6, 6.07) is 7.36. The molecule has 1 saturated heterocycles. The summed E-state index contributed by atoms with van der Waals surface area (Å²) in [5, 5.41) is 14.1. The number of piperidine rings is 1. The molecule has 1 aromatic heterocycles. The molecule has 2 aliphatic rings. The molecule has 2 heterocycles. The number of benzene rings is 1. The largest absolute Gasteiger partial charge is 0.338 e. The maximum Gasteiger partial charge on any atom is 0.249 e. The number of hydrogen-bond donors (Lipinski definition) is 1. The molecule has 1 N–H and O–H groups in total. The molecule has 1 fully saturated rings. The molecular formula is C19H22N6O2. The highest BCUT2D eigenvalue weighted by molar-refractivity contribution is 5.96. The van der Waals surface area contributed by atoms with Crippen molar-refractivity contribution in [2.24, 2.45) is 5.92 Å². The van der Waals surface area contributed by atoms with Crippen molar-refractivity contribution in [2.45, 2.75) is 32.1 Å². The van der Waals surface area contributed by atoms with Gasteiger partial charge in [0.1, 0.15) is 6.33 Å². The first-order valence-corrected chi connectivity index (χ1v) is 9.33. The van der Waals surface area contributed by atoms with Crippen LogP contribution in [0.5, 0.6) is 0 Å². The van der Waals surface area contributed by atoms with Gasteiger partial charge in [0.25, 0.3) is 0 Å². The zero-order chi connectivity index (χ0) is 18.6. The predicted molar refractivity (Wildman–Crippen MR) is 99.0 cm³/mol. The third kappa shape index (κ3) is 3.89. The first kappa shape index (κ1) is 17.4. The van der Waals surface area contributed by atoms with E-state index in [1.807, 2.05) is 35.2 Å². The Kier molecular flexibility index (Phi) is 4.95. The summed E-state index contributed by atoms with van der Waals surface area (Å²) in [4.78, 5) is 27.2. The third-order valence-corrected chi connectivity index (χ3v) is 5.12. The summed E-state index contributed by atoms with van der Waals surface area (Å²) < 4.78 is 1.53. The summed E-state index contributed by atoms with van der Waals surface area (Å²) in [6.45, 7) is 1.21. The maximum atomic E-state index is 12.7. The van der Waals surface area contributed by atoms with Gasteiger partial charge in [-0.15, -0.1) is 5.10 Å². The molecular weight excluding hydrogens is 344 g/mol. The average molecular weight is 366 g/mol. The molecule has 1 unspecified atom stereocenters. The van der Waals surface area contributed by atoms with Gasteiger partial charge in [0.2, 0.25) is 11.8 Å². The lowest BCUT2D eigenvalue weighted by Gasteiger charge is -2.32. The number of carbonyl (C=O) groups is 2. The fraction of sp³-hybridized carbons (Fsp3) is 0.421. The van der Waals surface area contributed by atoms with Crippen molar-refractivity contribution in [3.05, 3.63) is 42.2 Å². The Bertz CT molecular complexity index is 861. The van der Waals surface area contributed by atoms with E-state index in [0.29, 0.717) is 12.2 Å². The van der Waals surface area contributed by atoms with Crippen LogP contribution >= 0.6 is 0 Å². The van der Waals surface area contributed by atoms with Crippen molar-refractivity contribution in [1.29, 1.82) is 0 Å². The monoisotopic (exact) mass is 366 g/mol. The van der Waals surface area contributed by atoms with Crippen molar-refractivity contribution in [2.75, 3.05) is 18.4 Å². The maximum absolute atomic E-state index is 12.7. The van der Waals surface area contributed by atoms with Gasteiger partial charge in [-0.05, 0) is 60.7 Å². The van der Waals surface area contributed by atoms with Gasteiger partial charge in [-0.25, -0.2) is 4.68 Å². The van der Waals surface area contributed by atoms with E-state index in [4.69, 9.17) is 0 Å². The van der Waals surface area contributed by atoms with Gasteiger partial charge in [-0.2, -0.15) is 0 Å². The molecule has 0 spiro atoms. The van der Waals surface area contributed by atoms with E-state index in [9.17, 15) is 9.59 Å². The Labute approximate surface area is 157 Å². The summed E-state index contributed by atoms with van der Waals surface area (Å²) in [6.07, 6.45) is 8.08. The summed E-state index contributed by atoms with van der Waals surface area (Å²) in [5.74, 6) is -0.145. The fourth-order valence-electron chi connectivity index (χ4n) is 3.69. The minimum atomic E-state index is -0.193. The zero-order valence-corrected chi connectivity index (χ0v) is 15.0. The van der Waals surface area contributed by atoms with E-state index in [0.717, 1.165) is 49.9 Å². The number of hydrogen-bond acceptors (Lipinski definition) is 5. The van der Waals surface area contributed by atoms with Crippen molar-refractivity contribution in [3.63, 3.8) is 0 Å². The number of nitrogens with one attached hydrogen (secondary N) is 1. The first-order chi connectivity index (χ1) is 13.2. The van der Waals surface area contributed by atoms with Crippen LogP contribution in [0.4, 0.5) is 5.69 Å². The van der Waals surface area contributed by atoms with E-state index in [2.05, 4.69) is 20.8 Å². The number of amides is 2. The first-order valence-electron chi connectivity index (χ1n) is 9.33. The standard InChI is InChI=1S/C19H22N6O2/c26-18(21-16-8-3-9-17(11-16)25-13-20-22-23-25)15-7-4-10-24(12-15)19(27)14-5-1-2-6-14/h3,5,8-9,11,13,15H,1-2,4,6-7,10,12H2,(H,21,26). The SMILES string of the molecule is O=C(Nc1cccc(-n2cnnn2)c1)C1CCCN(C(=O)C2=CCCC2)C1. The molecule has 1 aliphatic heterocycles. The van der Waals surface area contributed by atoms with Crippen molar-refractivity contribution in [3.8, 4) is 5.69 Å². The van der Waals surface area contributed by atoms with E-state index in [1.165, 1.54) is 11.0 Å². The molecule has 2 aromatic rings. The highest BCUT2D eigenvalue weighted by atomic mass is 16.2. The number of carbonyl (C=O) groups excluding carboxylic acids is 2. The van der Waals surface area contributed by atoms with Gasteiger partial charge in [0.05, 0.1) is 11.6 Å². The number of rotatable bonds is 4. The van der Waals surface area contributed by atoms with Crippen molar-refractivity contribution >= 4 is 17.5 Å². The highest BCUT2D eigenvalue weighted by Crippen LogP contribution is 2.24. The summed E-state index contributed by atoms with van der Waals surface area (Å²) >= 11 is 0. The molecule has 27 heavy (non-hydrogen) atoms. The minimum absolute atomic E-state index is 0.0539. The van der Waals surface area contributed by atoms with Crippen LogP contribution in [0.2, 0.25) is 0 Å².